The smallest absolute Gasteiger partial charge is 0.408 e. The van der Waals surface area contributed by atoms with E-state index in [1.165, 1.54) is 12.1 Å². The molecular formula is C22H19FN2O2. The van der Waals surface area contributed by atoms with Gasteiger partial charge in [0.1, 0.15) is 5.82 Å². The van der Waals surface area contributed by atoms with Crippen LogP contribution in [0.3, 0.4) is 0 Å². The van der Waals surface area contributed by atoms with Crippen LogP contribution < -0.4 is 11.1 Å². The molecule has 0 aliphatic heterocycles. The molecule has 0 unspecified atom stereocenters. The largest absolute Gasteiger partial charge is 0.419 e. The van der Waals surface area contributed by atoms with E-state index in [4.69, 9.17) is 4.42 Å². The van der Waals surface area contributed by atoms with Gasteiger partial charge < -0.3 is 9.73 Å². The fraction of sp³-hybridized carbons (Fsp3) is 0.136. The second-order valence-electron chi connectivity index (χ2n) is 6.34. The maximum atomic E-state index is 13.3. The van der Waals surface area contributed by atoms with Crippen LogP contribution in [0.25, 0.3) is 11.1 Å². The van der Waals surface area contributed by atoms with Gasteiger partial charge in [-0.15, -0.1) is 0 Å². The van der Waals surface area contributed by atoms with E-state index in [2.05, 4.69) is 5.32 Å². The third kappa shape index (κ3) is 3.68. The molecule has 4 aromatic rings. The molecule has 27 heavy (non-hydrogen) atoms. The molecule has 0 amide bonds. The first-order valence-electron chi connectivity index (χ1n) is 8.84. The summed E-state index contributed by atoms with van der Waals surface area (Å²) in [5.74, 6) is -0.627. The third-order valence-electron chi connectivity index (χ3n) is 4.59. The minimum atomic E-state index is -0.365. The minimum absolute atomic E-state index is 0.0966. The molecule has 5 heteroatoms. The van der Waals surface area contributed by atoms with Crippen molar-refractivity contribution in [3.8, 4) is 0 Å². The van der Waals surface area contributed by atoms with Crippen molar-refractivity contribution < 1.29 is 8.81 Å². The van der Waals surface area contributed by atoms with Gasteiger partial charge in [0.25, 0.3) is 0 Å². The minimum Gasteiger partial charge on any atom is -0.408 e. The topological polar surface area (TPSA) is 47.2 Å². The van der Waals surface area contributed by atoms with E-state index in [1.54, 1.807) is 22.8 Å². The monoisotopic (exact) mass is 362 g/mol. The number of fused-ring (bicyclic) bond motifs is 1. The van der Waals surface area contributed by atoms with Crippen molar-refractivity contribution in [3.63, 3.8) is 0 Å². The fourth-order valence-corrected chi connectivity index (χ4v) is 3.28. The maximum absolute atomic E-state index is 13.3. The van der Waals surface area contributed by atoms with Gasteiger partial charge in [-0.3, -0.25) is 4.57 Å². The van der Waals surface area contributed by atoms with Gasteiger partial charge >= 0.3 is 5.76 Å². The molecule has 0 saturated carbocycles. The molecule has 0 bridgehead atoms. The lowest BCUT2D eigenvalue weighted by molar-refractivity contribution is 0.484. The quantitative estimate of drug-likeness (QED) is 0.561. The second kappa shape index (κ2) is 7.60. The Morgan fingerprint density at radius 1 is 0.889 bits per heavy atom. The van der Waals surface area contributed by atoms with Crippen LogP contribution in [0.2, 0.25) is 0 Å². The van der Waals surface area contributed by atoms with E-state index in [9.17, 15) is 9.18 Å². The molecule has 1 N–H and O–H groups in total. The third-order valence-corrected chi connectivity index (χ3v) is 4.59. The molecule has 0 fully saturated rings. The van der Waals surface area contributed by atoms with E-state index in [-0.39, 0.29) is 17.6 Å². The normalized spacial score (nSPS) is 12.3. The van der Waals surface area contributed by atoms with Gasteiger partial charge in [0.05, 0.1) is 11.6 Å². The highest BCUT2D eigenvalue weighted by Crippen LogP contribution is 2.22. The van der Waals surface area contributed by atoms with Crippen LogP contribution in [0.15, 0.2) is 88.1 Å². The molecule has 0 spiro atoms. The number of halogens is 1. The molecule has 1 aromatic heterocycles. The number of hydrogen-bond donors (Lipinski definition) is 1. The summed E-state index contributed by atoms with van der Waals surface area (Å²) in [5.41, 5.74) is 3.41. The van der Waals surface area contributed by atoms with Crippen LogP contribution in [0, 0.1) is 5.82 Å². The van der Waals surface area contributed by atoms with Gasteiger partial charge in [-0.1, -0.05) is 54.6 Å². The van der Waals surface area contributed by atoms with E-state index in [1.807, 2.05) is 48.5 Å². The molecule has 0 aliphatic rings. The molecule has 4 rings (SSSR count). The molecule has 0 aliphatic carbocycles. The zero-order valence-electron chi connectivity index (χ0n) is 14.6. The van der Waals surface area contributed by atoms with Gasteiger partial charge in [0.2, 0.25) is 0 Å². The predicted molar refractivity (Wildman–Crippen MR) is 103 cm³/mol. The molecule has 0 radical (unpaired) electrons. The summed E-state index contributed by atoms with van der Waals surface area (Å²) in [6.07, 6.45) is 0. The van der Waals surface area contributed by atoms with Gasteiger partial charge in [0.15, 0.2) is 5.58 Å². The number of oxazole rings is 1. The Hall–Kier alpha value is -3.18. The number of hydrogen-bond acceptors (Lipinski definition) is 3. The van der Waals surface area contributed by atoms with Crippen LogP contribution in [0.1, 0.15) is 17.2 Å². The summed E-state index contributed by atoms with van der Waals surface area (Å²) < 4.78 is 20.2. The maximum Gasteiger partial charge on any atom is 0.419 e. The van der Waals surface area contributed by atoms with Gasteiger partial charge in [-0.25, -0.2) is 9.18 Å². The van der Waals surface area contributed by atoms with Crippen LogP contribution in [-0.2, 0) is 6.54 Å². The lowest BCUT2D eigenvalue weighted by Crippen LogP contribution is -2.28. The summed E-state index contributed by atoms with van der Waals surface area (Å²) in [6, 6.07) is 23.7. The summed E-state index contributed by atoms with van der Waals surface area (Å²) >= 11 is 0. The Morgan fingerprint density at radius 3 is 2.33 bits per heavy atom. The van der Waals surface area contributed by atoms with Crippen molar-refractivity contribution in [2.45, 2.75) is 12.6 Å². The van der Waals surface area contributed by atoms with Crippen LogP contribution >= 0.6 is 0 Å². The molecule has 0 saturated heterocycles. The number of nitrogens with zero attached hydrogens (tertiary/aromatic N) is 1. The van der Waals surface area contributed by atoms with Crippen LogP contribution in [-0.4, -0.2) is 11.1 Å². The number of para-hydroxylation sites is 2. The van der Waals surface area contributed by atoms with E-state index >= 15 is 0 Å². The average Bonchev–Trinajstić information content (AvgIpc) is 3.02. The Morgan fingerprint density at radius 2 is 1.56 bits per heavy atom. The number of benzene rings is 3. The summed E-state index contributed by atoms with van der Waals surface area (Å²) in [5, 5.41) is 3.48. The van der Waals surface area contributed by atoms with Crippen molar-refractivity contribution >= 4 is 11.1 Å². The Balaban J connectivity index is 1.56. The Kier molecular flexibility index (Phi) is 4.85. The Bertz CT molecular complexity index is 1080. The summed E-state index contributed by atoms with van der Waals surface area (Å²) in [6.45, 7) is 1.03. The zero-order valence-corrected chi connectivity index (χ0v) is 14.6. The van der Waals surface area contributed by atoms with Crippen molar-refractivity contribution in [1.82, 2.24) is 9.88 Å². The average molecular weight is 362 g/mol. The van der Waals surface area contributed by atoms with Crippen molar-refractivity contribution in [2.75, 3.05) is 6.54 Å². The van der Waals surface area contributed by atoms with Crippen LogP contribution in [0.4, 0.5) is 4.39 Å². The lowest BCUT2D eigenvalue weighted by atomic mass is 9.98. The van der Waals surface area contributed by atoms with Crippen molar-refractivity contribution in [3.05, 3.63) is 106 Å². The SMILES string of the molecule is O=c1oc2ccccc2n1CCN[C@@H](c1ccccc1)c1ccc(F)cc1. The zero-order chi connectivity index (χ0) is 18.6. The molecule has 1 atom stereocenters. The van der Waals surface area contributed by atoms with E-state index < -0.39 is 0 Å². The van der Waals surface area contributed by atoms with E-state index in [0.717, 1.165) is 16.6 Å². The summed E-state index contributed by atoms with van der Waals surface area (Å²) in [7, 11) is 0. The Labute approximate surface area is 155 Å². The van der Waals surface area contributed by atoms with Gasteiger partial charge in [0, 0.05) is 13.1 Å². The first-order valence-corrected chi connectivity index (χ1v) is 8.84. The second-order valence-corrected chi connectivity index (χ2v) is 6.34. The number of aromatic nitrogens is 1. The summed E-state index contributed by atoms with van der Waals surface area (Å²) in [4.78, 5) is 12.1. The van der Waals surface area contributed by atoms with Gasteiger partial charge in [-0.05, 0) is 35.4 Å². The molecule has 3 aromatic carbocycles. The standard InChI is InChI=1S/C22H19FN2O2/c23-18-12-10-17(11-13-18)21(16-6-2-1-3-7-16)24-14-15-25-19-8-4-5-9-20(19)27-22(25)26/h1-13,21,24H,14-15H2/t21-/m0/s1. The molecule has 4 nitrogen and oxygen atoms in total. The van der Waals surface area contributed by atoms with Crippen LogP contribution in [0.5, 0.6) is 0 Å². The fourth-order valence-electron chi connectivity index (χ4n) is 3.28. The first-order chi connectivity index (χ1) is 13.2. The highest BCUT2D eigenvalue weighted by Gasteiger charge is 2.14. The van der Waals surface area contributed by atoms with Crippen molar-refractivity contribution in [1.29, 1.82) is 0 Å². The van der Waals surface area contributed by atoms with E-state index in [0.29, 0.717) is 18.7 Å². The highest BCUT2D eigenvalue weighted by atomic mass is 19.1. The lowest BCUT2D eigenvalue weighted by Gasteiger charge is -2.20. The predicted octanol–water partition coefficient (Wildman–Crippen LogP) is 4.11. The number of rotatable bonds is 6. The molecule has 1 heterocycles. The van der Waals surface area contributed by atoms with Crippen molar-refractivity contribution in [2.24, 2.45) is 0 Å². The first kappa shape index (κ1) is 17.2. The molecule has 136 valence electrons. The highest BCUT2D eigenvalue weighted by molar-refractivity contribution is 5.72. The number of nitrogens with one attached hydrogen (secondary N) is 1. The van der Waals surface area contributed by atoms with Gasteiger partial charge in [-0.2, -0.15) is 0 Å². The molecular weight excluding hydrogens is 343 g/mol.